The Morgan fingerprint density at radius 3 is 2.88 bits per heavy atom. The van der Waals surface area contributed by atoms with Gasteiger partial charge in [0.1, 0.15) is 15.6 Å². The lowest BCUT2D eigenvalue weighted by Crippen LogP contribution is -2.22. The smallest absolute Gasteiger partial charge is 0.263 e. The van der Waals surface area contributed by atoms with E-state index in [1.807, 2.05) is 6.92 Å². The lowest BCUT2D eigenvalue weighted by molar-refractivity contribution is 0.0960. The minimum atomic E-state index is -0.181. The van der Waals surface area contributed by atoms with Gasteiger partial charge >= 0.3 is 0 Å². The molecule has 4 N–H and O–H groups in total. The highest BCUT2D eigenvalue weighted by Gasteiger charge is 2.20. The average molecular weight is 255 g/mol. The fourth-order valence-electron chi connectivity index (χ4n) is 1.32. The van der Waals surface area contributed by atoms with Crippen molar-refractivity contribution in [2.45, 2.75) is 6.92 Å². The number of anilines is 2. The molecule has 0 radical (unpaired) electrons. The number of carbonyl (C=O) groups excluding carboxylic acids is 1. The van der Waals surface area contributed by atoms with E-state index in [1.165, 1.54) is 18.4 Å². The molecule has 0 aliphatic heterocycles. The quantitative estimate of drug-likeness (QED) is 0.676. The van der Waals surface area contributed by atoms with Crippen LogP contribution >= 0.6 is 11.3 Å². The van der Waals surface area contributed by atoms with Gasteiger partial charge in [-0.25, -0.2) is 0 Å². The van der Waals surface area contributed by atoms with Crippen molar-refractivity contribution in [3.8, 4) is 5.75 Å². The summed E-state index contributed by atoms with van der Waals surface area (Å²) in [6.45, 7) is 6.62. The maximum Gasteiger partial charge on any atom is 0.263 e. The Bertz CT molecular complexity index is 415. The van der Waals surface area contributed by atoms with Crippen LogP contribution in [0.2, 0.25) is 0 Å². The number of amides is 1. The molecule has 0 spiro atoms. The predicted octanol–water partition coefficient (Wildman–Crippen LogP) is 1.69. The number of rotatable bonds is 6. The molecule has 0 aromatic carbocycles. The SMILES string of the molecule is C=CCNc1sc(C(=O)NCC)c(N)c1OC. The molecule has 1 heterocycles. The summed E-state index contributed by atoms with van der Waals surface area (Å²) in [5, 5.41) is 6.54. The summed E-state index contributed by atoms with van der Waals surface area (Å²) in [7, 11) is 1.53. The van der Waals surface area contributed by atoms with E-state index in [1.54, 1.807) is 6.08 Å². The largest absolute Gasteiger partial charge is 0.492 e. The maximum atomic E-state index is 11.7. The summed E-state index contributed by atoms with van der Waals surface area (Å²) in [4.78, 5) is 12.2. The van der Waals surface area contributed by atoms with Gasteiger partial charge in [-0.2, -0.15) is 0 Å². The Labute approximate surface area is 105 Å². The van der Waals surface area contributed by atoms with Crippen molar-refractivity contribution in [3.63, 3.8) is 0 Å². The predicted molar refractivity (Wildman–Crippen MR) is 72.0 cm³/mol. The Morgan fingerprint density at radius 1 is 1.65 bits per heavy atom. The number of nitrogen functional groups attached to an aromatic ring is 1. The van der Waals surface area contributed by atoms with Crippen LogP contribution in [0.5, 0.6) is 5.75 Å². The van der Waals surface area contributed by atoms with Crippen LogP contribution in [-0.2, 0) is 0 Å². The summed E-state index contributed by atoms with van der Waals surface area (Å²) in [6, 6.07) is 0. The third-order valence-corrected chi connectivity index (χ3v) is 3.20. The van der Waals surface area contributed by atoms with Gasteiger partial charge in [0, 0.05) is 13.1 Å². The molecular weight excluding hydrogens is 238 g/mol. The molecule has 6 heteroatoms. The van der Waals surface area contributed by atoms with Gasteiger partial charge in [0.05, 0.1) is 7.11 Å². The Morgan fingerprint density at radius 2 is 2.35 bits per heavy atom. The van der Waals surface area contributed by atoms with Gasteiger partial charge < -0.3 is 21.1 Å². The molecule has 1 aromatic heterocycles. The van der Waals surface area contributed by atoms with Crippen molar-refractivity contribution in [1.29, 1.82) is 0 Å². The number of thiophene rings is 1. The van der Waals surface area contributed by atoms with Crippen molar-refractivity contribution < 1.29 is 9.53 Å². The van der Waals surface area contributed by atoms with Gasteiger partial charge in [0.2, 0.25) is 0 Å². The molecule has 1 aromatic rings. The van der Waals surface area contributed by atoms with E-state index >= 15 is 0 Å². The standard InChI is InChI=1S/C11H17N3O2S/c1-4-6-14-11-8(16-3)7(12)9(17-11)10(15)13-5-2/h4,14H,1,5-6,12H2,2-3H3,(H,13,15). The van der Waals surface area contributed by atoms with Gasteiger partial charge in [0.15, 0.2) is 5.75 Å². The second-order valence-corrected chi connectivity index (χ2v) is 4.26. The summed E-state index contributed by atoms with van der Waals surface area (Å²) in [6.07, 6.45) is 1.72. The lowest BCUT2D eigenvalue weighted by atomic mass is 10.3. The number of nitrogens with two attached hydrogens (primary N) is 1. The van der Waals surface area contributed by atoms with Crippen molar-refractivity contribution in [2.24, 2.45) is 0 Å². The number of methoxy groups -OCH3 is 1. The van der Waals surface area contributed by atoms with E-state index in [0.717, 1.165) is 5.00 Å². The van der Waals surface area contributed by atoms with Crippen LogP contribution in [0.25, 0.3) is 0 Å². The first-order valence-electron chi connectivity index (χ1n) is 5.24. The third-order valence-electron chi connectivity index (χ3n) is 2.05. The van der Waals surface area contributed by atoms with Gasteiger partial charge in [-0.3, -0.25) is 4.79 Å². The zero-order valence-electron chi connectivity index (χ0n) is 10.0. The minimum Gasteiger partial charge on any atom is -0.492 e. The van der Waals surface area contributed by atoms with Crippen LogP contribution in [0.1, 0.15) is 16.6 Å². The number of nitrogens with one attached hydrogen (secondary N) is 2. The molecular formula is C11H17N3O2S. The average Bonchev–Trinajstić information content (AvgIpc) is 2.63. The first-order chi connectivity index (χ1) is 8.15. The number of carbonyl (C=O) groups is 1. The zero-order chi connectivity index (χ0) is 12.8. The highest BCUT2D eigenvalue weighted by molar-refractivity contribution is 7.19. The van der Waals surface area contributed by atoms with E-state index in [0.29, 0.717) is 29.4 Å². The van der Waals surface area contributed by atoms with Crippen LogP contribution in [0.15, 0.2) is 12.7 Å². The molecule has 0 atom stereocenters. The fraction of sp³-hybridized carbons (Fsp3) is 0.364. The molecule has 0 aliphatic rings. The monoisotopic (exact) mass is 255 g/mol. The second-order valence-electron chi connectivity index (χ2n) is 3.24. The van der Waals surface area contributed by atoms with Crippen LogP contribution in [-0.4, -0.2) is 26.1 Å². The van der Waals surface area contributed by atoms with E-state index in [-0.39, 0.29) is 5.91 Å². The zero-order valence-corrected chi connectivity index (χ0v) is 10.8. The van der Waals surface area contributed by atoms with Gasteiger partial charge in [-0.15, -0.1) is 17.9 Å². The second kappa shape index (κ2) is 6.15. The maximum absolute atomic E-state index is 11.7. The Kier molecular flexibility index (Phi) is 4.84. The lowest BCUT2D eigenvalue weighted by Gasteiger charge is -2.04. The molecule has 0 saturated heterocycles. The first kappa shape index (κ1) is 13.4. The van der Waals surface area contributed by atoms with Crippen LogP contribution in [0, 0.1) is 0 Å². The molecule has 0 aliphatic carbocycles. The van der Waals surface area contributed by atoms with E-state index in [4.69, 9.17) is 10.5 Å². The van der Waals surface area contributed by atoms with Gasteiger partial charge in [0.25, 0.3) is 5.91 Å². The first-order valence-corrected chi connectivity index (χ1v) is 6.06. The molecule has 0 fully saturated rings. The minimum absolute atomic E-state index is 0.181. The topological polar surface area (TPSA) is 76.4 Å². The Balaban J connectivity index is 3.03. The van der Waals surface area contributed by atoms with E-state index in [9.17, 15) is 4.79 Å². The molecule has 0 saturated carbocycles. The Hall–Kier alpha value is -1.69. The molecule has 0 unspecified atom stereocenters. The van der Waals surface area contributed by atoms with Gasteiger partial charge in [-0.05, 0) is 6.92 Å². The normalized spacial score (nSPS) is 9.76. The van der Waals surface area contributed by atoms with E-state index < -0.39 is 0 Å². The van der Waals surface area contributed by atoms with Crippen molar-refractivity contribution in [2.75, 3.05) is 31.2 Å². The molecule has 94 valence electrons. The van der Waals surface area contributed by atoms with Crippen LogP contribution < -0.4 is 21.1 Å². The summed E-state index contributed by atoms with van der Waals surface area (Å²) < 4.78 is 5.19. The van der Waals surface area contributed by atoms with Crippen molar-refractivity contribution >= 4 is 27.9 Å². The molecule has 1 rings (SSSR count). The number of hydrogen-bond donors (Lipinski definition) is 3. The molecule has 17 heavy (non-hydrogen) atoms. The number of hydrogen-bond acceptors (Lipinski definition) is 5. The molecule has 1 amide bonds. The summed E-state index contributed by atoms with van der Waals surface area (Å²) in [5.74, 6) is 0.332. The van der Waals surface area contributed by atoms with Crippen molar-refractivity contribution in [1.82, 2.24) is 5.32 Å². The highest BCUT2D eigenvalue weighted by atomic mass is 32.1. The van der Waals surface area contributed by atoms with Crippen molar-refractivity contribution in [3.05, 3.63) is 17.5 Å². The summed E-state index contributed by atoms with van der Waals surface area (Å²) in [5.41, 5.74) is 6.25. The summed E-state index contributed by atoms with van der Waals surface area (Å²) >= 11 is 1.28. The van der Waals surface area contributed by atoms with E-state index in [2.05, 4.69) is 17.2 Å². The molecule has 5 nitrogen and oxygen atoms in total. The molecule has 0 bridgehead atoms. The third kappa shape index (κ3) is 2.91. The van der Waals surface area contributed by atoms with Gasteiger partial charge in [-0.1, -0.05) is 6.08 Å². The van der Waals surface area contributed by atoms with Crippen LogP contribution in [0.3, 0.4) is 0 Å². The fourth-order valence-corrected chi connectivity index (χ4v) is 2.34. The van der Waals surface area contributed by atoms with Crippen LogP contribution in [0.4, 0.5) is 10.7 Å². The number of ether oxygens (including phenoxy) is 1. The highest BCUT2D eigenvalue weighted by Crippen LogP contribution is 2.42.